The molecule has 0 saturated heterocycles. The first-order valence-electron chi connectivity index (χ1n) is 7.02. The number of aliphatic hydroxyl groups is 1. The Kier molecular flexibility index (Phi) is 2.06. The van der Waals surface area contributed by atoms with E-state index in [9.17, 15) is 9.90 Å². The lowest BCUT2D eigenvalue weighted by atomic mass is 9.61. The van der Waals surface area contributed by atoms with E-state index in [4.69, 9.17) is 0 Å². The van der Waals surface area contributed by atoms with Crippen LogP contribution in [0.2, 0.25) is 0 Å². The largest absolute Gasteiger partial charge is 0.392 e. The Hall–Kier alpha value is -1.15. The molecule has 2 fully saturated rings. The third-order valence-corrected chi connectivity index (χ3v) is 5.57. The lowest BCUT2D eigenvalue weighted by molar-refractivity contribution is -0.126. The van der Waals surface area contributed by atoms with E-state index in [1.807, 2.05) is 0 Å². The Labute approximate surface area is 107 Å². The number of ketones is 1. The van der Waals surface area contributed by atoms with E-state index >= 15 is 0 Å². The first kappa shape index (κ1) is 10.7. The summed E-state index contributed by atoms with van der Waals surface area (Å²) in [6.07, 6.45) is 4.28. The second-order valence-electron chi connectivity index (χ2n) is 6.22. The van der Waals surface area contributed by atoms with Gasteiger partial charge in [0.25, 0.3) is 0 Å². The van der Waals surface area contributed by atoms with Crippen molar-refractivity contribution in [1.29, 1.82) is 0 Å². The number of benzene rings is 1. The Morgan fingerprint density at radius 2 is 2.06 bits per heavy atom. The quantitative estimate of drug-likeness (QED) is 0.757. The number of fused-ring (bicyclic) bond motifs is 2. The fourth-order valence-corrected chi connectivity index (χ4v) is 4.75. The van der Waals surface area contributed by atoms with Crippen molar-refractivity contribution in [2.24, 2.45) is 11.8 Å². The van der Waals surface area contributed by atoms with Gasteiger partial charge >= 0.3 is 0 Å². The zero-order valence-corrected chi connectivity index (χ0v) is 10.4. The van der Waals surface area contributed by atoms with E-state index in [0.717, 1.165) is 32.1 Å². The number of hydrogen-bond donors (Lipinski definition) is 1. The van der Waals surface area contributed by atoms with Gasteiger partial charge in [-0.1, -0.05) is 24.3 Å². The number of aryl methyl sites for hydroxylation is 1. The highest BCUT2D eigenvalue weighted by Crippen LogP contribution is 2.58. The van der Waals surface area contributed by atoms with E-state index in [-0.39, 0.29) is 23.4 Å². The molecule has 2 saturated carbocycles. The molecule has 4 rings (SSSR count). The van der Waals surface area contributed by atoms with Gasteiger partial charge in [-0.3, -0.25) is 4.79 Å². The van der Waals surface area contributed by atoms with Gasteiger partial charge in [0.15, 0.2) is 0 Å². The standard InChI is InChI=1S/C16H18O2/c17-14-7-8-16-9-11(14)15(18)13(16)6-5-10-3-1-2-4-12(10)16/h1-4,11,13-14,17H,5-9H2/t11-,13+,14+,16+/m1/s1. The van der Waals surface area contributed by atoms with Crippen LogP contribution in [0.4, 0.5) is 0 Å². The maximum Gasteiger partial charge on any atom is 0.142 e. The van der Waals surface area contributed by atoms with Gasteiger partial charge in [0.05, 0.1) is 6.10 Å². The second kappa shape index (κ2) is 3.45. The van der Waals surface area contributed by atoms with Gasteiger partial charge in [-0.15, -0.1) is 0 Å². The van der Waals surface area contributed by atoms with E-state index in [1.165, 1.54) is 11.1 Å². The molecule has 2 heteroatoms. The maximum absolute atomic E-state index is 12.5. The SMILES string of the molecule is O=C1[C@@H]2C[C@@]3(CC[C@@H]2O)c2ccccc2CC[C@@H]13. The summed E-state index contributed by atoms with van der Waals surface area (Å²) < 4.78 is 0. The van der Waals surface area contributed by atoms with E-state index in [0.29, 0.717) is 5.78 Å². The Balaban J connectivity index is 1.90. The van der Waals surface area contributed by atoms with E-state index < -0.39 is 0 Å². The van der Waals surface area contributed by atoms with E-state index in [2.05, 4.69) is 24.3 Å². The van der Waals surface area contributed by atoms with Crippen LogP contribution in [0.5, 0.6) is 0 Å². The maximum atomic E-state index is 12.5. The Morgan fingerprint density at radius 3 is 2.94 bits per heavy atom. The predicted molar refractivity (Wildman–Crippen MR) is 68.3 cm³/mol. The van der Waals surface area contributed by atoms with Crippen LogP contribution in [0.25, 0.3) is 0 Å². The van der Waals surface area contributed by atoms with Crippen molar-refractivity contribution in [1.82, 2.24) is 0 Å². The fraction of sp³-hybridized carbons (Fsp3) is 0.562. The minimum Gasteiger partial charge on any atom is -0.392 e. The lowest BCUT2D eigenvalue weighted by Gasteiger charge is -2.42. The molecule has 1 spiro atoms. The van der Waals surface area contributed by atoms with Crippen LogP contribution in [0.3, 0.4) is 0 Å². The normalized spacial score (nSPS) is 41.4. The van der Waals surface area contributed by atoms with E-state index in [1.54, 1.807) is 0 Å². The van der Waals surface area contributed by atoms with Crippen LogP contribution < -0.4 is 0 Å². The van der Waals surface area contributed by atoms with Crippen LogP contribution in [0.1, 0.15) is 36.8 Å². The summed E-state index contributed by atoms with van der Waals surface area (Å²) in [4.78, 5) is 12.5. The molecule has 2 nitrogen and oxygen atoms in total. The van der Waals surface area contributed by atoms with Crippen LogP contribution in [-0.4, -0.2) is 17.0 Å². The number of carbonyl (C=O) groups excluding carboxylic acids is 1. The highest BCUT2D eigenvalue weighted by molar-refractivity contribution is 5.89. The minimum atomic E-state index is -0.388. The molecule has 1 aromatic rings. The van der Waals surface area contributed by atoms with Crippen molar-refractivity contribution >= 4 is 5.78 Å². The molecule has 3 aliphatic carbocycles. The van der Waals surface area contributed by atoms with Crippen molar-refractivity contribution < 1.29 is 9.90 Å². The number of carbonyl (C=O) groups is 1. The van der Waals surface area contributed by atoms with Crippen molar-refractivity contribution in [2.75, 3.05) is 0 Å². The van der Waals surface area contributed by atoms with Gasteiger partial charge in [-0.2, -0.15) is 0 Å². The summed E-state index contributed by atoms with van der Waals surface area (Å²) in [7, 11) is 0. The average molecular weight is 242 g/mol. The van der Waals surface area contributed by atoms with Gasteiger partial charge in [-0.25, -0.2) is 0 Å². The van der Waals surface area contributed by atoms with Crippen molar-refractivity contribution in [3.63, 3.8) is 0 Å². The number of rotatable bonds is 0. The zero-order valence-electron chi connectivity index (χ0n) is 10.4. The molecule has 3 aliphatic rings. The molecule has 18 heavy (non-hydrogen) atoms. The summed E-state index contributed by atoms with van der Waals surface area (Å²) in [5.74, 6) is 0.430. The average Bonchev–Trinajstić information content (AvgIpc) is 2.65. The first-order chi connectivity index (χ1) is 8.72. The highest BCUT2D eigenvalue weighted by Gasteiger charge is 2.59. The summed E-state index contributed by atoms with van der Waals surface area (Å²) in [6, 6.07) is 8.62. The molecule has 0 amide bonds. The van der Waals surface area contributed by atoms with Gasteiger partial charge in [0.2, 0.25) is 0 Å². The van der Waals surface area contributed by atoms with Crippen LogP contribution in [0.15, 0.2) is 24.3 Å². The molecule has 4 atom stereocenters. The minimum absolute atomic E-state index is 0.0653. The lowest BCUT2D eigenvalue weighted by Crippen LogP contribution is -2.39. The molecular weight excluding hydrogens is 224 g/mol. The third kappa shape index (κ3) is 1.15. The summed E-state index contributed by atoms with van der Waals surface area (Å²) >= 11 is 0. The van der Waals surface area contributed by atoms with Gasteiger partial charge < -0.3 is 5.11 Å². The topological polar surface area (TPSA) is 37.3 Å². The number of Topliss-reactive ketones (excluding diaryl/α,β-unsaturated/α-hetero) is 1. The highest BCUT2D eigenvalue weighted by atomic mass is 16.3. The predicted octanol–water partition coefficient (Wildman–Crippen LogP) is 2.23. The Bertz CT molecular complexity index is 522. The fourth-order valence-electron chi connectivity index (χ4n) is 4.75. The van der Waals surface area contributed by atoms with Gasteiger partial charge in [0, 0.05) is 17.3 Å². The van der Waals surface area contributed by atoms with Crippen molar-refractivity contribution in [3.05, 3.63) is 35.4 Å². The molecule has 2 bridgehead atoms. The van der Waals surface area contributed by atoms with Crippen molar-refractivity contribution in [3.8, 4) is 0 Å². The summed E-state index contributed by atoms with van der Waals surface area (Å²) in [5.41, 5.74) is 2.90. The molecule has 0 unspecified atom stereocenters. The second-order valence-corrected chi connectivity index (χ2v) is 6.22. The third-order valence-electron chi connectivity index (χ3n) is 5.57. The molecule has 1 aromatic carbocycles. The number of hydrogen-bond acceptors (Lipinski definition) is 2. The Morgan fingerprint density at radius 1 is 1.22 bits per heavy atom. The molecule has 1 N–H and O–H groups in total. The van der Waals surface area contributed by atoms with Crippen LogP contribution in [-0.2, 0) is 16.6 Å². The summed E-state index contributed by atoms with van der Waals surface area (Å²) in [6.45, 7) is 0. The van der Waals surface area contributed by atoms with Crippen LogP contribution in [0, 0.1) is 11.8 Å². The molecule has 0 heterocycles. The molecule has 94 valence electrons. The van der Waals surface area contributed by atoms with Gasteiger partial charge in [-0.05, 0) is 43.2 Å². The van der Waals surface area contributed by atoms with Gasteiger partial charge in [0.1, 0.15) is 5.78 Å². The monoisotopic (exact) mass is 242 g/mol. The summed E-state index contributed by atoms with van der Waals surface area (Å²) in [5, 5.41) is 10.0. The van der Waals surface area contributed by atoms with Crippen LogP contribution >= 0.6 is 0 Å². The molecule has 0 radical (unpaired) electrons. The van der Waals surface area contributed by atoms with Crippen molar-refractivity contribution in [2.45, 2.75) is 43.6 Å². The molecule has 0 aromatic heterocycles. The number of aliphatic hydroxyl groups excluding tert-OH is 1. The zero-order chi connectivity index (χ0) is 12.3. The molecule has 0 aliphatic heterocycles. The first-order valence-corrected chi connectivity index (χ1v) is 7.02. The molecular formula is C16H18O2. The smallest absolute Gasteiger partial charge is 0.142 e.